The number of ether oxygens (including phenoxy) is 1. The Kier molecular flexibility index (Phi) is 5.92. The van der Waals surface area contributed by atoms with Crippen LogP contribution in [0.25, 0.3) is 11.8 Å². The van der Waals surface area contributed by atoms with Crippen molar-refractivity contribution in [2.45, 2.75) is 27.2 Å². The minimum absolute atomic E-state index is 0.0496. The van der Waals surface area contributed by atoms with Crippen LogP contribution in [0, 0.1) is 13.8 Å². The predicted molar refractivity (Wildman–Crippen MR) is 120 cm³/mol. The van der Waals surface area contributed by atoms with Gasteiger partial charge in [-0.25, -0.2) is 0 Å². The van der Waals surface area contributed by atoms with E-state index in [4.69, 9.17) is 4.74 Å². The maximum Gasteiger partial charge on any atom is 0.260 e. The van der Waals surface area contributed by atoms with Gasteiger partial charge in [-0.3, -0.25) is 4.79 Å². The first-order chi connectivity index (χ1) is 13.9. The molecule has 0 unspecified atom stereocenters. The van der Waals surface area contributed by atoms with Crippen molar-refractivity contribution < 1.29 is 9.53 Å². The van der Waals surface area contributed by atoms with Gasteiger partial charge < -0.3 is 14.2 Å². The molecule has 4 nitrogen and oxygen atoms in total. The highest BCUT2D eigenvalue weighted by Crippen LogP contribution is 2.30. The van der Waals surface area contributed by atoms with Gasteiger partial charge in [-0.05, 0) is 50.1 Å². The maximum absolute atomic E-state index is 13.5. The summed E-state index contributed by atoms with van der Waals surface area (Å²) < 4.78 is 7.46. The van der Waals surface area contributed by atoms with E-state index in [0.29, 0.717) is 5.56 Å². The summed E-state index contributed by atoms with van der Waals surface area (Å²) in [5.41, 5.74) is 6.45. The van der Waals surface area contributed by atoms with Crippen LogP contribution in [0.2, 0.25) is 0 Å². The topological polar surface area (TPSA) is 34.5 Å². The van der Waals surface area contributed by atoms with E-state index < -0.39 is 0 Å². The zero-order valence-electron chi connectivity index (χ0n) is 17.8. The van der Waals surface area contributed by atoms with Gasteiger partial charge in [-0.2, -0.15) is 0 Å². The van der Waals surface area contributed by atoms with Crippen LogP contribution in [0.4, 0.5) is 5.69 Å². The minimum Gasteiger partial charge on any atom is -0.497 e. The van der Waals surface area contributed by atoms with E-state index in [0.717, 1.165) is 40.5 Å². The second-order valence-corrected chi connectivity index (χ2v) is 7.08. The average molecular weight is 389 g/mol. The summed E-state index contributed by atoms with van der Waals surface area (Å²) in [5, 5.41) is 0. The van der Waals surface area contributed by atoms with Crippen molar-refractivity contribution in [3.8, 4) is 11.4 Å². The van der Waals surface area contributed by atoms with Gasteiger partial charge in [0.2, 0.25) is 0 Å². The quantitative estimate of drug-likeness (QED) is 0.552. The number of nitrogens with zero attached hydrogens (tertiary/aromatic N) is 2. The normalized spacial score (nSPS) is 10.7. The van der Waals surface area contributed by atoms with Crippen molar-refractivity contribution in [1.29, 1.82) is 0 Å². The van der Waals surface area contributed by atoms with Crippen LogP contribution < -0.4 is 9.64 Å². The Labute approximate surface area is 173 Å². The lowest BCUT2D eigenvalue weighted by molar-refractivity contribution is 0.0992. The van der Waals surface area contributed by atoms with Crippen LogP contribution in [-0.4, -0.2) is 24.6 Å². The van der Waals surface area contributed by atoms with Crippen LogP contribution in [0.5, 0.6) is 5.75 Å². The lowest BCUT2D eigenvalue weighted by atomic mass is 10.1. The molecule has 0 spiro atoms. The lowest BCUT2D eigenvalue weighted by Gasteiger charge is -2.18. The van der Waals surface area contributed by atoms with Gasteiger partial charge in [0, 0.05) is 41.4 Å². The standard InChI is InChI=1S/C25H28N2O2/c1-7-19-12-14-20(15-13-19)26(5)25(28)24-18(4)27(17(3)23(24)8-2)21-10-9-11-22(16-21)29-6/h8-16H,2,7H2,1,3-6H3. The fraction of sp³-hybridized carbons (Fsp3) is 0.240. The molecule has 3 aromatic rings. The van der Waals surface area contributed by atoms with Crippen LogP contribution in [-0.2, 0) is 6.42 Å². The summed E-state index contributed by atoms with van der Waals surface area (Å²) in [6.45, 7) is 10.1. The van der Waals surface area contributed by atoms with E-state index in [2.05, 4.69) is 30.2 Å². The Morgan fingerprint density at radius 2 is 1.83 bits per heavy atom. The van der Waals surface area contributed by atoms with E-state index in [9.17, 15) is 4.79 Å². The van der Waals surface area contributed by atoms with Gasteiger partial charge >= 0.3 is 0 Å². The predicted octanol–water partition coefficient (Wildman–Crippen LogP) is 5.58. The van der Waals surface area contributed by atoms with Crippen molar-refractivity contribution in [2.24, 2.45) is 0 Å². The molecule has 0 atom stereocenters. The van der Waals surface area contributed by atoms with Crippen molar-refractivity contribution in [3.63, 3.8) is 0 Å². The van der Waals surface area contributed by atoms with E-state index in [1.54, 1.807) is 18.1 Å². The molecule has 29 heavy (non-hydrogen) atoms. The highest BCUT2D eigenvalue weighted by molar-refractivity contribution is 6.09. The largest absolute Gasteiger partial charge is 0.497 e. The van der Waals surface area contributed by atoms with Crippen LogP contribution >= 0.6 is 0 Å². The van der Waals surface area contributed by atoms with E-state index in [-0.39, 0.29) is 5.91 Å². The number of benzene rings is 2. The Balaban J connectivity index is 2.08. The third kappa shape index (κ3) is 3.70. The Bertz CT molecular complexity index is 1050. The van der Waals surface area contributed by atoms with Crippen molar-refractivity contribution >= 4 is 17.7 Å². The molecule has 0 aliphatic carbocycles. The van der Waals surface area contributed by atoms with Gasteiger partial charge in [-0.15, -0.1) is 0 Å². The number of methoxy groups -OCH3 is 1. The van der Waals surface area contributed by atoms with Gasteiger partial charge in [0.05, 0.1) is 12.7 Å². The van der Waals surface area contributed by atoms with Crippen molar-refractivity contribution in [2.75, 3.05) is 19.1 Å². The number of rotatable bonds is 6. The smallest absolute Gasteiger partial charge is 0.260 e. The molecule has 2 aromatic carbocycles. The molecular weight excluding hydrogens is 360 g/mol. The zero-order chi connectivity index (χ0) is 21.1. The molecule has 1 aromatic heterocycles. The summed E-state index contributed by atoms with van der Waals surface area (Å²) in [5.74, 6) is 0.725. The molecule has 0 fully saturated rings. The van der Waals surface area contributed by atoms with Gasteiger partial charge in [0.15, 0.2) is 0 Å². The molecule has 0 N–H and O–H groups in total. The monoisotopic (exact) mass is 388 g/mol. The minimum atomic E-state index is -0.0496. The molecule has 0 saturated carbocycles. The summed E-state index contributed by atoms with van der Waals surface area (Å²) in [4.78, 5) is 15.2. The third-order valence-corrected chi connectivity index (χ3v) is 5.46. The number of hydrogen-bond acceptors (Lipinski definition) is 2. The second kappa shape index (κ2) is 8.39. The highest BCUT2D eigenvalue weighted by Gasteiger charge is 2.25. The van der Waals surface area contributed by atoms with E-state index in [1.807, 2.05) is 57.3 Å². The van der Waals surface area contributed by atoms with Gasteiger partial charge in [-0.1, -0.05) is 37.8 Å². The molecule has 4 heteroatoms. The maximum atomic E-state index is 13.5. The number of hydrogen-bond donors (Lipinski definition) is 0. The van der Waals surface area contributed by atoms with Crippen LogP contribution in [0.1, 0.15) is 39.8 Å². The molecule has 3 rings (SSSR count). The number of amides is 1. The molecule has 1 amide bonds. The number of aromatic nitrogens is 1. The van der Waals surface area contributed by atoms with Crippen LogP contribution in [0.3, 0.4) is 0 Å². The van der Waals surface area contributed by atoms with E-state index in [1.165, 1.54) is 5.56 Å². The summed E-state index contributed by atoms with van der Waals surface area (Å²) >= 11 is 0. The fourth-order valence-electron chi connectivity index (χ4n) is 3.76. The molecule has 0 radical (unpaired) electrons. The summed E-state index contributed by atoms with van der Waals surface area (Å²) in [6.07, 6.45) is 2.74. The molecule has 0 aliphatic rings. The number of carbonyl (C=O) groups excluding carboxylic acids is 1. The molecule has 1 heterocycles. The van der Waals surface area contributed by atoms with Gasteiger partial charge in [0.25, 0.3) is 5.91 Å². The Morgan fingerprint density at radius 3 is 2.41 bits per heavy atom. The van der Waals surface area contributed by atoms with Crippen molar-refractivity contribution in [3.05, 3.63) is 83.2 Å². The first kappa shape index (κ1) is 20.5. The third-order valence-electron chi connectivity index (χ3n) is 5.46. The zero-order valence-corrected chi connectivity index (χ0v) is 17.8. The molecule has 0 aliphatic heterocycles. The molecule has 0 saturated heterocycles. The SMILES string of the molecule is C=Cc1c(C(=O)N(C)c2ccc(CC)cc2)c(C)n(-c2cccc(OC)c2)c1C. The molecule has 0 bridgehead atoms. The lowest BCUT2D eigenvalue weighted by Crippen LogP contribution is -2.27. The first-order valence-corrected chi connectivity index (χ1v) is 9.78. The number of carbonyl (C=O) groups is 1. The number of aryl methyl sites for hydroxylation is 1. The number of anilines is 1. The summed E-state index contributed by atoms with van der Waals surface area (Å²) in [7, 11) is 3.46. The first-order valence-electron chi connectivity index (χ1n) is 9.78. The molecule has 150 valence electrons. The van der Waals surface area contributed by atoms with Crippen LogP contribution in [0.15, 0.2) is 55.1 Å². The highest BCUT2D eigenvalue weighted by atomic mass is 16.5. The summed E-state index contributed by atoms with van der Waals surface area (Å²) in [6, 6.07) is 15.9. The fourth-order valence-corrected chi connectivity index (χ4v) is 3.76. The molecular formula is C25H28N2O2. The Hall–Kier alpha value is -3.27. The second-order valence-electron chi connectivity index (χ2n) is 7.08. The average Bonchev–Trinajstić information content (AvgIpc) is 3.01. The van der Waals surface area contributed by atoms with Gasteiger partial charge in [0.1, 0.15) is 5.75 Å². The Morgan fingerprint density at radius 1 is 1.14 bits per heavy atom. The van der Waals surface area contributed by atoms with Crippen molar-refractivity contribution in [1.82, 2.24) is 4.57 Å². The van der Waals surface area contributed by atoms with E-state index >= 15 is 0 Å².